The van der Waals surface area contributed by atoms with E-state index in [-0.39, 0.29) is 5.91 Å². The van der Waals surface area contributed by atoms with Gasteiger partial charge in [-0.05, 0) is 59.7 Å². The number of nitrogens with zero attached hydrogens (tertiary/aromatic N) is 1. The van der Waals surface area contributed by atoms with Crippen LogP contribution in [0.4, 0.5) is 14.5 Å². The fourth-order valence-corrected chi connectivity index (χ4v) is 2.43. The first-order valence-corrected chi connectivity index (χ1v) is 6.53. The predicted octanol–water partition coefficient (Wildman–Crippen LogP) is 3.44. The van der Waals surface area contributed by atoms with Crippen LogP contribution >= 0.6 is 22.6 Å². The number of rotatable bonds is 2. The summed E-state index contributed by atoms with van der Waals surface area (Å²) < 4.78 is 26.8. The summed E-state index contributed by atoms with van der Waals surface area (Å²) in [4.78, 5) is 13.0. The zero-order valence-electron chi connectivity index (χ0n) is 9.07. The Morgan fingerprint density at radius 3 is 2.53 bits per heavy atom. The number of carbonyl (C=O) groups is 1. The summed E-state index contributed by atoms with van der Waals surface area (Å²) >= 11 is 2.14. The number of piperidine rings is 1. The molecule has 2 rings (SSSR count). The molecule has 1 unspecified atom stereocenters. The highest BCUT2D eigenvalue weighted by molar-refractivity contribution is 14.1. The van der Waals surface area contributed by atoms with Gasteiger partial charge in [-0.3, -0.25) is 4.79 Å². The van der Waals surface area contributed by atoms with Gasteiger partial charge in [0.05, 0.1) is 6.04 Å². The lowest BCUT2D eigenvalue weighted by Crippen LogP contribution is -2.47. The third-order valence-electron chi connectivity index (χ3n) is 2.89. The summed E-state index contributed by atoms with van der Waals surface area (Å²) in [6, 6.07) is 6.11. The van der Waals surface area contributed by atoms with Gasteiger partial charge >= 0.3 is 0 Å². The molecule has 0 N–H and O–H groups in total. The summed E-state index contributed by atoms with van der Waals surface area (Å²) in [5.74, 6) is -0.206. The molecule has 92 valence electrons. The maximum absolute atomic E-state index is 12.9. The highest BCUT2D eigenvalue weighted by Gasteiger charge is 2.35. The third kappa shape index (κ3) is 2.75. The van der Waals surface area contributed by atoms with E-state index in [0.29, 0.717) is 24.9 Å². The molecule has 0 aliphatic carbocycles. The Bertz CT molecular complexity index is 407. The van der Waals surface area contributed by atoms with E-state index in [2.05, 4.69) is 22.6 Å². The van der Waals surface area contributed by atoms with Crippen LogP contribution in [0, 0.1) is 3.57 Å². The lowest BCUT2D eigenvalue weighted by molar-refractivity contribution is -0.121. The number of halogens is 3. The molecule has 1 aromatic rings. The predicted molar refractivity (Wildman–Crippen MR) is 70.3 cm³/mol. The number of hydrogen-bond donors (Lipinski definition) is 0. The summed E-state index contributed by atoms with van der Waals surface area (Å²) in [6.45, 7) is 0. The van der Waals surface area contributed by atoms with Crippen molar-refractivity contribution in [3.8, 4) is 0 Å². The highest BCUT2D eigenvalue weighted by Crippen LogP contribution is 2.29. The number of amides is 1. The molecule has 1 saturated heterocycles. The second-order valence-corrected chi connectivity index (χ2v) is 5.28. The van der Waals surface area contributed by atoms with Gasteiger partial charge in [-0.2, -0.15) is 0 Å². The SMILES string of the molecule is O=C1CCCC(C(F)F)N1c1ccc(I)cc1. The van der Waals surface area contributed by atoms with Gasteiger partial charge in [0.2, 0.25) is 5.91 Å². The first kappa shape index (κ1) is 12.7. The topological polar surface area (TPSA) is 20.3 Å². The van der Waals surface area contributed by atoms with Crippen molar-refractivity contribution < 1.29 is 13.6 Å². The minimum atomic E-state index is -2.49. The smallest absolute Gasteiger partial charge is 0.259 e. The zero-order valence-corrected chi connectivity index (χ0v) is 11.2. The van der Waals surface area contributed by atoms with Crippen molar-refractivity contribution in [2.45, 2.75) is 31.7 Å². The Morgan fingerprint density at radius 1 is 1.29 bits per heavy atom. The van der Waals surface area contributed by atoms with E-state index in [4.69, 9.17) is 0 Å². The van der Waals surface area contributed by atoms with Crippen LogP contribution in [0.5, 0.6) is 0 Å². The molecule has 0 spiro atoms. The first-order chi connectivity index (χ1) is 8.09. The van der Waals surface area contributed by atoms with Crippen molar-refractivity contribution in [2.24, 2.45) is 0 Å². The Morgan fingerprint density at radius 2 is 1.94 bits per heavy atom. The van der Waals surface area contributed by atoms with Crippen molar-refractivity contribution in [1.29, 1.82) is 0 Å². The molecule has 0 aromatic heterocycles. The lowest BCUT2D eigenvalue weighted by atomic mass is 10.0. The molecule has 1 amide bonds. The number of carbonyl (C=O) groups excluding carboxylic acids is 1. The van der Waals surface area contributed by atoms with Crippen LogP contribution in [0.2, 0.25) is 0 Å². The second kappa shape index (κ2) is 5.29. The molecular formula is C12H12F2INO. The van der Waals surface area contributed by atoms with Gasteiger partial charge in [0.25, 0.3) is 6.43 Å². The Hall–Kier alpha value is -0.720. The summed E-state index contributed by atoms with van der Waals surface area (Å²) in [5, 5.41) is 0. The summed E-state index contributed by atoms with van der Waals surface area (Å²) in [7, 11) is 0. The first-order valence-electron chi connectivity index (χ1n) is 5.45. The molecule has 1 atom stereocenters. The molecule has 0 radical (unpaired) electrons. The van der Waals surface area contributed by atoms with Crippen LogP contribution in [0.1, 0.15) is 19.3 Å². The Balaban J connectivity index is 2.31. The van der Waals surface area contributed by atoms with Gasteiger partial charge < -0.3 is 4.90 Å². The van der Waals surface area contributed by atoms with E-state index >= 15 is 0 Å². The van der Waals surface area contributed by atoms with Crippen molar-refractivity contribution in [3.63, 3.8) is 0 Å². The molecule has 1 heterocycles. The van der Waals surface area contributed by atoms with Gasteiger partial charge in [0, 0.05) is 15.7 Å². The minimum Gasteiger partial charge on any atom is -0.304 e. The number of anilines is 1. The van der Waals surface area contributed by atoms with Crippen LogP contribution in [0.15, 0.2) is 24.3 Å². The summed E-state index contributed by atoms with van der Waals surface area (Å²) in [5.41, 5.74) is 0.570. The van der Waals surface area contributed by atoms with E-state index in [1.54, 1.807) is 12.1 Å². The van der Waals surface area contributed by atoms with Crippen LogP contribution in [-0.4, -0.2) is 18.4 Å². The molecule has 0 saturated carbocycles. The fraction of sp³-hybridized carbons (Fsp3) is 0.417. The van der Waals surface area contributed by atoms with Crippen molar-refractivity contribution >= 4 is 34.2 Å². The normalized spacial score (nSPS) is 21.1. The van der Waals surface area contributed by atoms with E-state index in [0.717, 1.165) is 3.57 Å². The van der Waals surface area contributed by atoms with Gasteiger partial charge in [-0.1, -0.05) is 0 Å². The maximum Gasteiger partial charge on any atom is 0.259 e. The van der Waals surface area contributed by atoms with Crippen molar-refractivity contribution in [1.82, 2.24) is 0 Å². The minimum absolute atomic E-state index is 0.206. The monoisotopic (exact) mass is 351 g/mol. The average molecular weight is 351 g/mol. The Labute approximate surface area is 112 Å². The fourth-order valence-electron chi connectivity index (χ4n) is 2.07. The molecule has 0 bridgehead atoms. The van der Waals surface area contributed by atoms with E-state index in [1.165, 1.54) is 4.90 Å². The van der Waals surface area contributed by atoms with Crippen LogP contribution in [-0.2, 0) is 4.79 Å². The standard InChI is InChI=1S/C12H12F2INO/c13-12(14)10-2-1-3-11(17)16(10)9-6-4-8(15)5-7-9/h4-7,10,12H,1-3H2. The van der Waals surface area contributed by atoms with Gasteiger partial charge in [-0.25, -0.2) is 8.78 Å². The number of benzene rings is 1. The second-order valence-electron chi connectivity index (χ2n) is 4.03. The van der Waals surface area contributed by atoms with Crippen molar-refractivity contribution in [2.75, 3.05) is 4.90 Å². The number of alkyl halides is 2. The highest BCUT2D eigenvalue weighted by atomic mass is 127. The van der Waals surface area contributed by atoms with E-state index in [9.17, 15) is 13.6 Å². The molecule has 5 heteroatoms. The molecule has 2 nitrogen and oxygen atoms in total. The van der Waals surface area contributed by atoms with Gasteiger partial charge in [0.1, 0.15) is 0 Å². The molecule has 1 aliphatic rings. The van der Waals surface area contributed by atoms with Crippen LogP contribution in [0.3, 0.4) is 0 Å². The van der Waals surface area contributed by atoms with Crippen LogP contribution < -0.4 is 4.90 Å². The molecular weight excluding hydrogens is 339 g/mol. The zero-order chi connectivity index (χ0) is 12.4. The van der Waals surface area contributed by atoms with Gasteiger partial charge in [-0.15, -0.1) is 0 Å². The van der Waals surface area contributed by atoms with E-state index < -0.39 is 12.5 Å². The van der Waals surface area contributed by atoms with Crippen molar-refractivity contribution in [3.05, 3.63) is 27.8 Å². The third-order valence-corrected chi connectivity index (χ3v) is 3.61. The Kier molecular flexibility index (Phi) is 3.96. The lowest BCUT2D eigenvalue weighted by Gasteiger charge is -2.35. The quantitative estimate of drug-likeness (QED) is 0.748. The molecule has 1 aromatic carbocycles. The largest absolute Gasteiger partial charge is 0.304 e. The molecule has 1 fully saturated rings. The number of hydrogen-bond acceptors (Lipinski definition) is 1. The summed E-state index contributed by atoms with van der Waals surface area (Å²) in [6.07, 6.45) is -1.21. The molecule has 17 heavy (non-hydrogen) atoms. The average Bonchev–Trinajstić information content (AvgIpc) is 2.30. The molecule has 1 aliphatic heterocycles. The maximum atomic E-state index is 12.9. The van der Waals surface area contributed by atoms with Crippen LogP contribution in [0.25, 0.3) is 0 Å². The van der Waals surface area contributed by atoms with Gasteiger partial charge in [0.15, 0.2) is 0 Å². The van der Waals surface area contributed by atoms with E-state index in [1.807, 2.05) is 12.1 Å².